The second kappa shape index (κ2) is 6.37. The Bertz CT molecular complexity index is 819. The summed E-state index contributed by atoms with van der Waals surface area (Å²) in [5, 5.41) is 9.11. The molecular formula is C16H20N6OS. The summed E-state index contributed by atoms with van der Waals surface area (Å²) in [5.74, 6) is 0.593. The fourth-order valence-corrected chi connectivity index (χ4v) is 3.89. The van der Waals surface area contributed by atoms with E-state index in [1.54, 1.807) is 24.6 Å². The summed E-state index contributed by atoms with van der Waals surface area (Å²) < 4.78 is 6.97. The average molecular weight is 344 g/mol. The van der Waals surface area contributed by atoms with E-state index in [2.05, 4.69) is 20.4 Å². The van der Waals surface area contributed by atoms with Crippen molar-refractivity contribution in [2.45, 2.75) is 37.8 Å². The van der Waals surface area contributed by atoms with E-state index in [-0.39, 0.29) is 0 Å². The van der Waals surface area contributed by atoms with Gasteiger partial charge in [0.1, 0.15) is 0 Å². The molecule has 0 spiro atoms. The van der Waals surface area contributed by atoms with E-state index in [1.807, 2.05) is 22.8 Å². The number of pyridine rings is 1. The summed E-state index contributed by atoms with van der Waals surface area (Å²) in [7, 11) is 1.61. The van der Waals surface area contributed by atoms with Crippen molar-refractivity contribution in [2.24, 2.45) is 5.73 Å². The molecule has 1 fully saturated rings. The smallest absolute Gasteiger partial charge is 0.214 e. The third kappa shape index (κ3) is 2.94. The van der Waals surface area contributed by atoms with Gasteiger partial charge in [-0.15, -0.1) is 5.10 Å². The van der Waals surface area contributed by atoms with Crippen LogP contribution in [0.15, 0.2) is 24.5 Å². The van der Waals surface area contributed by atoms with Crippen molar-refractivity contribution >= 4 is 21.4 Å². The van der Waals surface area contributed by atoms with Crippen LogP contribution in [-0.4, -0.2) is 38.8 Å². The SMILES string of the molecule is COc1ccc(-c2cnc3sc(NC4CCC(N)CC4)nn23)cn1. The van der Waals surface area contributed by atoms with Crippen LogP contribution in [0.2, 0.25) is 0 Å². The van der Waals surface area contributed by atoms with Crippen molar-refractivity contribution in [3.05, 3.63) is 24.5 Å². The molecule has 0 aromatic carbocycles. The van der Waals surface area contributed by atoms with Gasteiger partial charge in [-0.05, 0) is 31.7 Å². The monoisotopic (exact) mass is 344 g/mol. The highest BCUT2D eigenvalue weighted by Crippen LogP contribution is 2.28. The Morgan fingerprint density at radius 3 is 2.75 bits per heavy atom. The normalized spacial score (nSPS) is 21.1. The van der Waals surface area contributed by atoms with Crippen LogP contribution in [0, 0.1) is 0 Å². The molecule has 24 heavy (non-hydrogen) atoms. The molecular weight excluding hydrogens is 324 g/mol. The van der Waals surface area contributed by atoms with Gasteiger partial charge in [-0.1, -0.05) is 11.3 Å². The van der Waals surface area contributed by atoms with Crippen molar-refractivity contribution in [3.8, 4) is 17.1 Å². The second-order valence-electron chi connectivity index (χ2n) is 6.09. The van der Waals surface area contributed by atoms with Crippen LogP contribution in [-0.2, 0) is 0 Å². The molecule has 0 bridgehead atoms. The zero-order valence-corrected chi connectivity index (χ0v) is 14.3. The van der Waals surface area contributed by atoms with Gasteiger partial charge >= 0.3 is 0 Å². The minimum Gasteiger partial charge on any atom is -0.481 e. The van der Waals surface area contributed by atoms with Gasteiger partial charge in [-0.2, -0.15) is 0 Å². The minimum absolute atomic E-state index is 0.353. The topological polar surface area (TPSA) is 90.4 Å². The molecule has 1 aliphatic rings. The van der Waals surface area contributed by atoms with E-state index in [0.29, 0.717) is 18.0 Å². The number of imidazole rings is 1. The van der Waals surface area contributed by atoms with Crippen molar-refractivity contribution in [3.63, 3.8) is 0 Å². The van der Waals surface area contributed by atoms with Crippen molar-refractivity contribution < 1.29 is 4.74 Å². The molecule has 0 unspecified atom stereocenters. The van der Waals surface area contributed by atoms with E-state index < -0.39 is 0 Å². The zero-order chi connectivity index (χ0) is 16.5. The molecule has 0 amide bonds. The molecule has 0 saturated heterocycles. The Balaban J connectivity index is 1.56. The molecule has 3 N–H and O–H groups in total. The lowest BCUT2D eigenvalue weighted by molar-refractivity contribution is 0.398. The largest absolute Gasteiger partial charge is 0.481 e. The number of rotatable bonds is 4. The van der Waals surface area contributed by atoms with Crippen molar-refractivity contribution in [2.75, 3.05) is 12.4 Å². The van der Waals surface area contributed by atoms with Crippen molar-refractivity contribution in [1.82, 2.24) is 19.6 Å². The number of hydrogen-bond donors (Lipinski definition) is 2. The number of fused-ring (bicyclic) bond motifs is 1. The van der Waals surface area contributed by atoms with Gasteiger partial charge in [0.15, 0.2) is 0 Å². The maximum absolute atomic E-state index is 5.97. The Labute approximate surface area is 143 Å². The molecule has 126 valence electrons. The Morgan fingerprint density at radius 2 is 2.04 bits per heavy atom. The highest BCUT2D eigenvalue weighted by atomic mass is 32.1. The molecule has 7 nitrogen and oxygen atoms in total. The lowest BCUT2D eigenvalue weighted by Crippen LogP contribution is -2.32. The summed E-state index contributed by atoms with van der Waals surface area (Å²) in [6.07, 6.45) is 7.94. The quantitative estimate of drug-likeness (QED) is 0.756. The van der Waals surface area contributed by atoms with E-state index in [4.69, 9.17) is 10.5 Å². The summed E-state index contributed by atoms with van der Waals surface area (Å²) in [6.45, 7) is 0. The third-order valence-electron chi connectivity index (χ3n) is 4.43. The van der Waals surface area contributed by atoms with Gasteiger partial charge in [0, 0.05) is 29.9 Å². The van der Waals surface area contributed by atoms with Gasteiger partial charge in [0.2, 0.25) is 16.0 Å². The molecule has 4 rings (SSSR count). The van der Waals surface area contributed by atoms with Crippen LogP contribution in [0.25, 0.3) is 16.2 Å². The maximum atomic E-state index is 5.97. The number of aromatic nitrogens is 4. The molecule has 3 aromatic rings. The summed E-state index contributed by atoms with van der Waals surface area (Å²) in [4.78, 5) is 9.59. The van der Waals surface area contributed by atoms with Gasteiger partial charge < -0.3 is 15.8 Å². The zero-order valence-electron chi connectivity index (χ0n) is 13.5. The molecule has 1 saturated carbocycles. The number of methoxy groups -OCH3 is 1. The Hall–Kier alpha value is -2.19. The molecule has 0 aliphatic heterocycles. The molecule has 0 radical (unpaired) electrons. The Kier molecular flexibility index (Phi) is 4.07. The average Bonchev–Trinajstić information content (AvgIpc) is 3.17. The molecule has 3 aromatic heterocycles. The molecule has 8 heteroatoms. The van der Waals surface area contributed by atoms with Gasteiger partial charge in [-0.3, -0.25) is 0 Å². The fourth-order valence-electron chi connectivity index (χ4n) is 3.04. The number of hydrogen-bond acceptors (Lipinski definition) is 7. The first kappa shape index (κ1) is 15.3. The van der Waals surface area contributed by atoms with Crippen LogP contribution < -0.4 is 15.8 Å². The summed E-state index contributed by atoms with van der Waals surface area (Å²) in [6, 6.07) is 4.60. The van der Waals surface area contributed by atoms with E-state index in [1.165, 1.54) is 0 Å². The van der Waals surface area contributed by atoms with E-state index in [9.17, 15) is 0 Å². The first-order valence-electron chi connectivity index (χ1n) is 8.10. The molecule has 3 heterocycles. The number of nitrogens with two attached hydrogens (primary N) is 1. The molecule has 0 atom stereocenters. The maximum Gasteiger partial charge on any atom is 0.214 e. The second-order valence-corrected chi connectivity index (χ2v) is 7.05. The number of anilines is 1. The number of nitrogens with one attached hydrogen (secondary N) is 1. The van der Waals surface area contributed by atoms with E-state index >= 15 is 0 Å². The summed E-state index contributed by atoms with van der Waals surface area (Å²) in [5.41, 5.74) is 7.86. The van der Waals surface area contributed by atoms with Crippen LogP contribution in [0.5, 0.6) is 5.88 Å². The van der Waals surface area contributed by atoms with Crippen LogP contribution >= 0.6 is 11.3 Å². The van der Waals surface area contributed by atoms with Crippen molar-refractivity contribution in [1.29, 1.82) is 0 Å². The third-order valence-corrected chi connectivity index (χ3v) is 5.28. The fraction of sp³-hybridized carbons (Fsp3) is 0.438. The van der Waals surface area contributed by atoms with Crippen LogP contribution in [0.1, 0.15) is 25.7 Å². The van der Waals surface area contributed by atoms with Crippen LogP contribution in [0.3, 0.4) is 0 Å². The highest BCUT2D eigenvalue weighted by Gasteiger charge is 2.20. The van der Waals surface area contributed by atoms with Gasteiger partial charge in [-0.25, -0.2) is 14.5 Å². The standard InChI is InChI=1S/C16H20N6OS/c1-23-14-7-2-10(8-18-14)13-9-19-16-22(13)21-15(24-16)20-12-5-3-11(17)4-6-12/h2,7-9,11-12H,3-6,17H2,1H3,(H,20,21). The van der Waals surface area contributed by atoms with Crippen LogP contribution in [0.4, 0.5) is 5.13 Å². The summed E-state index contributed by atoms with van der Waals surface area (Å²) >= 11 is 1.57. The predicted octanol–water partition coefficient (Wildman–Crippen LogP) is 2.54. The first-order valence-corrected chi connectivity index (χ1v) is 8.91. The first-order chi connectivity index (χ1) is 11.7. The van der Waals surface area contributed by atoms with Gasteiger partial charge in [0.05, 0.1) is 19.0 Å². The number of ether oxygens (including phenoxy) is 1. The highest BCUT2D eigenvalue weighted by molar-refractivity contribution is 7.20. The molecule has 1 aliphatic carbocycles. The Morgan fingerprint density at radius 1 is 1.21 bits per heavy atom. The lowest BCUT2D eigenvalue weighted by Gasteiger charge is -2.26. The van der Waals surface area contributed by atoms with E-state index in [0.717, 1.165) is 47.0 Å². The number of nitrogens with zero attached hydrogens (tertiary/aromatic N) is 4. The minimum atomic E-state index is 0.353. The predicted molar refractivity (Wildman–Crippen MR) is 94.5 cm³/mol. The van der Waals surface area contributed by atoms with Gasteiger partial charge in [0.25, 0.3) is 0 Å². The lowest BCUT2D eigenvalue weighted by atomic mass is 9.92.